The Morgan fingerprint density at radius 3 is 2.47 bits per heavy atom. The van der Waals surface area contributed by atoms with E-state index in [-0.39, 0.29) is 0 Å². The van der Waals surface area contributed by atoms with Crippen LogP contribution in [-0.4, -0.2) is 4.57 Å². The van der Waals surface area contributed by atoms with Gasteiger partial charge in [0.25, 0.3) is 0 Å². The van der Waals surface area contributed by atoms with Crippen molar-refractivity contribution < 1.29 is 0 Å². The normalized spacial score (nSPS) is 12.6. The second kappa shape index (κ2) is 6.58. The second-order valence-corrected chi connectivity index (χ2v) is 5.04. The smallest absolute Gasteiger partial charge is 0.0364 e. The lowest BCUT2D eigenvalue weighted by Crippen LogP contribution is -2.21. The molecule has 0 aliphatic heterocycles. The van der Waals surface area contributed by atoms with Gasteiger partial charge in [0.05, 0.1) is 0 Å². The lowest BCUT2D eigenvalue weighted by Gasteiger charge is -2.18. The highest BCUT2D eigenvalue weighted by molar-refractivity contribution is 5.24. The highest BCUT2D eigenvalue weighted by Gasteiger charge is 2.09. The molecule has 1 unspecified atom stereocenters. The van der Waals surface area contributed by atoms with Crippen LogP contribution >= 0.6 is 0 Å². The van der Waals surface area contributed by atoms with Gasteiger partial charge in [-0.05, 0) is 38.0 Å². The molecule has 0 spiro atoms. The zero-order chi connectivity index (χ0) is 13.7. The molecule has 0 aliphatic rings. The van der Waals surface area contributed by atoms with E-state index in [1.807, 2.05) is 0 Å². The Labute approximate surface area is 116 Å². The van der Waals surface area contributed by atoms with Crippen LogP contribution in [0.5, 0.6) is 0 Å². The molecule has 0 radical (unpaired) electrons. The van der Waals surface area contributed by atoms with E-state index >= 15 is 0 Å². The first-order chi connectivity index (χ1) is 9.24. The molecule has 0 fully saturated rings. The van der Waals surface area contributed by atoms with E-state index in [2.05, 4.69) is 73.3 Å². The van der Waals surface area contributed by atoms with Gasteiger partial charge in [0.15, 0.2) is 0 Å². The maximum absolute atomic E-state index is 3.66. The minimum absolute atomic E-state index is 0.431. The van der Waals surface area contributed by atoms with Gasteiger partial charge in [-0.2, -0.15) is 0 Å². The predicted molar refractivity (Wildman–Crippen MR) is 81.2 cm³/mol. The van der Waals surface area contributed by atoms with Crippen LogP contribution < -0.4 is 5.32 Å². The van der Waals surface area contributed by atoms with Gasteiger partial charge >= 0.3 is 0 Å². The largest absolute Gasteiger partial charge is 0.351 e. The molecule has 19 heavy (non-hydrogen) atoms. The maximum Gasteiger partial charge on any atom is 0.0364 e. The van der Waals surface area contributed by atoms with Gasteiger partial charge < -0.3 is 9.88 Å². The van der Waals surface area contributed by atoms with Crippen molar-refractivity contribution in [2.45, 2.75) is 46.3 Å². The number of rotatable bonds is 6. The fourth-order valence-electron chi connectivity index (χ4n) is 2.44. The Hall–Kier alpha value is -1.54. The van der Waals surface area contributed by atoms with Gasteiger partial charge in [0.1, 0.15) is 0 Å². The SMILES string of the molecule is CCC(NCc1cccn1CC)c1ccc(C)cc1. The van der Waals surface area contributed by atoms with E-state index in [9.17, 15) is 0 Å². The number of hydrogen-bond acceptors (Lipinski definition) is 1. The van der Waals surface area contributed by atoms with Crippen molar-refractivity contribution >= 4 is 0 Å². The molecule has 0 saturated heterocycles. The van der Waals surface area contributed by atoms with Crippen LogP contribution in [0.1, 0.15) is 43.1 Å². The molecule has 1 heterocycles. The van der Waals surface area contributed by atoms with E-state index in [0.29, 0.717) is 6.04 Å². The summed E-state index contributed by atoms with van der Waals surface area (Å²) in [5.41, 5.74) is 4.05. The predicted octanol–water partition coefficient (Wildman–Crippen LogP) is 4.06. The van der Waals surface area contributed by atoms with Gasteiger partial charge in [0.2, 0.25) is 0 Å². The molecule has 2 rings (SSSR count). The number of nitrogens with one attached hydrogen (secondary N) is 1. The van der Waals surface area contributed by atoms with Crippen molar-refractivity contribution in [3.8, 4) is 0 Å². The summed E-state index contributed by atoms with van der Waals surface area (Å²) >= 11 is 0. The second-order valence-electron chi connectivity index (χ2n) is 5.04. The standard InChI is InChI=1S/C17H24N2/c1-4-17(15-10-8-14(3)9-11-15)18-13-16-7-6-12-19(16)5-2/h6-12,17-18H,4-5,13H2,1-3H3. The fraction of sp³-hybridized carbons (Fsp3) is 0.412. The van der Waals surface area contributed by atoms with Crippen LogP contribution in [0.3, 0.4) is 0 Å². The summed E-state index contributed by atoms with van der Waals surface area (Å²) in [6.07, 6.45) is 3.25. The number of aromatic nitrogens is 1. The fourth-order valence-corrected chi connectivity index (χ4v) is 2.44. The zero-order valence-corrected chi connectivity index (χ0v) is 12.2. The minimum Gasteiger partial charge on any atom is -0.351 e. The molecule has 0 aliphatic carbocycles. The molecule has 0 saturated carbocycles. The molecule has 2 aromatic rings. The summed E-state index contributed by atoms with van der Waals surface area (Å²) in [7, 11) is 0. The molecule has 0 amide bonds. The Balaban J connectivity index is 2.01. The Bertz CT molecular complexity index is 496. The molecule has 1 atom stereocenters. The van der Waals surface area contributed by atoms with E-state index < -0.39 is 0 Å². The highest BCUT2D eigenvalue weighted by Crippen LogP contribution is 2.18. The quantitative estimate of drug-likeness (QED) is 0.825. The average Bonchev–Trinajstić information content (AvgIpc) is 2.89. The molecule has 102 valence electrons. The lowest BCUT2D eigenvalue weighted by molar-refractivity contribution is 0.503. The van der Waals surface area contributed by atoms with Crippen molar-refractivity contribution in [3.05, 3.63) is 59.4 Å². The van der Waals surface area contributed by atoms with E-state index in [4.69, 9.17) is 0 Å². The third-order valence-electron chi connectivity index (χ3n) is 3.68. The van der Waals surface area contributed by atoms with Crippen molar-refractivity contribution in [2.24, 2.45) is 0 Å². The maximum atomic E-state index is 3.66. The minimum atomic E-state index is 0.431. The third kappa shape index (κ3) is 3.48. The number of benzene rings is 1. The third-order valence-corrected chi connectivity index (χ3v) is 3.68. The summed E-state index contributed by atoms with van der Waals surface area (Å²) in [5, 5.41) is 3.66. The van der Waals surface area contributed by atoms with Crippen LogP contribution in [-0.2, 0) is 13.1 Å². The van der Waals surface area contributed by atoms with E-state index in [1.165, 1.54) is 16.8 Å². The highest BCUT2D eigenvalue weighted by atomic mass is 15.0. The first-order valence-corrected chi connectivity index (χ1v) is 7.18. The Morgan fingerprint density at radius 2 is 1.84 bits per heavy atom. The van der Waals surface area contributed by atoms with E-state index in [1.54, 1.807) is 0 Å². The molecule has 1 N–H and O–H groups in total. The van der Waals surface area contributed by atoms with Crippen LogP contribution in [0.15, 0.2) is 42.6 Å². The molecule has 1 aromatic carbocycles. The van der Waals surface area contributed by atoms with Crippen molar-refractivity contribution in [3.63, 3.8) is 0 Å². The zero-order valence-electron chi connectivity index (χ0n) is 12.2. The van der Waals surface area contributed by atoms with Gasteiger partial charge in [-0.3, -0.25) is 0 Å². The van der Waals surface area contributed by atoms with Crippen molar-refractivity contribution in [2.75, 3.05) is 0 Å². The van der Waals surface area contributed by atoms with Gasteiger partial charge in [-0.25, -0.2) is 0 Å². The first kappa shape index (κ1) is 13.9. The summed E-state index contributed by atoms with van der Waals surface area (Å²) in [6, 6.07) is 13.6. The number of nitrogens with zero attached hydrogens (tertiary/aromatic N) is 1. The molecular formula is C17H24N2. The Kier molecular flexibility index (Phi) is 4.80. The number of hydrogen-bond donors (Lipinski definition) is 1. The Morgan fingerprint density at radius 1 is 1.11 bits per heavy atom. The molecule has 2 heteroatoms. The average molecular weight is 256 g/mol. The van der Waals surface area contributed by atoms with Gasteiger partial charge in [-0.15, -0.1) is 0 Å². The monoisotopic (exact) mass is 256 g/mol. The van der Waals surface area contributed by atoms with Crippen molar-refractivity contribution in [1.29, 1.82) is 0 Å². The molecular weight excluding hydrogens is 232 g/mol. The summed E-state index contributed by atoms with van der Waals surface area (Å²) < 4.78 is 2.29. The van der Waals surface area contributed by atoms with Crippen LogP contribution in [0.4, 0.5) is 0 Å². The van der Waals surface area contributed by atoms with E-state index in [0.717, 1.165) is 19.5 Å². The van der Waals surface area contributed by atoms with Gasteiger partial charge in [0, 0.05) is 31.0 Å². The lowest BCUT2D eigenvalue weighted by atomic mass is 10.0. The molecule has 0 bridgehead atoms. The van der Waals surface area contributed by atoms with Gasteiger partial charge in [-0.1, -0.05) is 36.8 Å². The number of aryl methyl sites for hydroxylation is 2. The summed E-state index contributed by atoms with van der Waals surface area (Å²) in [5.74, 6) is 0. The molecule has 1 aromatic heterocycles. The van der Waals surface area contributed by atoms with Crippen molar-refractivity contribution in [1.82, 2.24) is 9.88 Å². The topological polar surface area (TPSA) is 17.0 Å². The van der Waals surface area contributed by atoms with Crippen LogP contribution in [0.25, 0.3) is 0 Å². The van der Waals surface area contributed by atoms with Crippen LogP contribution in [0.2, 0.25) is 0 Å². The summed E-state index contributed by atoms with van der Waals surface area (Å²) in [4.78, 5) is 0. The van der Waals surface area contributed by atoms with Crippen LogP contribution in [0, 0.1) is 6.92 Å². The summed E-state index contributed by atoms with van der Waals surface area (Å²) in [6.45, 7) is 8.50. The molecule has 2 nitrogen and oxygen atoms in total. The first-order valence-electron chi connectivity index (χ1n) is 7.18.